The van der Waals surface area contributed by atoms with E-state index in [9.17, 15) is 79.4 Å². The molecule has 0 fully saturated rings. The summed E-state index contributed by atoms with van der Waals surface area (Å²) in [7, 11) is 0. The Labute approximate surface area is 158 Å². The standard InChI is InChI=1S/C12H5F17O2/c13-5(14,3-1-2-4(30)31)6(15,16)7(17,18)8(19,20)9(21,22)10(23,24)11(25,26)12(27,28)29/h1-2H,3H2,(H,30,31). The Kier molecular flexibility index (Phi) is 7.08. The van der Waals surface area contributed by atoms with Crippen molar-refractivity contribution < 1.29 is 84.5 Å². The van der Waals surface area contributed by atoms with E-state index in [1.165, 1.54) is 0 Å². The fraction of sp³-hybridized carbons (Fsp3) is 0.750. The van der Waals surface area contributed by atoms with Crippen LogP contribution in [0.3, 0.4) is 0 Å². The van der Waals surface area contributed by atoms with Crippen LogP contribution < -0.4 is 0 Å². The third-order valence-electron chi connectivity index (χ3n) is 3.42. The molecule has 0 aromatic heterocycles. The van der Waals surface area contributed by atoms with Crippen LogP contribution in [-0.2, 0) is 4.79 Å². The summed E-state index contributed by atoms with van der Waals surface area (Å²) >= 11 is 0. The number of allylic oxidation sites excluding steroid dienone is 1. The molecule has 0 amide bonds. The molecule has 0 saturated heterocycles. The van der Waals surface area contributed by atoms with E-state index in [1.54, 1.807) is 0 Å². The molecule has 0 unspecified atom stereocenters. The number of carbonyl (C=O) groups is 1. The molecule has 0 heterocycles. The van der Waals surface area contributed by atoms with Gasteiger partial charge in [0.25, 0.3) is 0 Å². The number of carboxylic acid groups (broad SMARTS) is 1. The second-order valence-corrected chi connectivity index (χ2v) is 5.59. The molecule has 19 heteroatoms. The summed E-state index contributed by atoms with van der Waals surface area (Å²) < 4.78 is 219. The lowest BCUT2D eigenvalue weighted by Gasteiger charge is -2.42. The summed E-state index contributed by atoms with van der Waals surface area (Å²) in [6, 6.07) is 0. The maximum absolute atomic E-state index is 13.3. The number of alkyl halides is 17. The van der Waals surface area contributed by atoms with E-state index in [0.29, 0.717) is 0 Å². The van der Waals surface area contributed by atoms with E-state index in [2.05, 4.69) is 0 Å². The first-order chi connectivity index (χ1) is 13.2. The molecule has 0 aliphatic heterocycles. The lowest BCUT2D eigenvalue weighted by Crippen LogP contribution is -2.74. The monoisotopic (exact) mass is 504 g/mol. The topological polar surface area (TPSA) is 37.3 Å². The molecule has 1 N–H and O–H groups in total. The predicted octanol–water partition coefficient (Wildman–Crippen LogP) is 6.03. The molecule has 0 spiro atoms. The summed E-state index contributed by atoms with van der Waals surface area (Å²) in [6.07, 6.45) is -11.8. The number of hydrogen-bond donors (Lipinski definition) is 1. The van der Waals surface area contributed by atoms with Crippen molar-refractivity contribution in [1.29, 1.82) is 0 Å². The van der Waals surface area contributed by atoms with Gasteiger partial charge in [0, 0.05) is 12.5 Å². The molecular formula is C12H5F17O2. The van der Waals surface area contributed by atoms with Crippen LogP contribution in [0.1, 0.15) is 6.42 Å². The van der Waals surface area contributed by atoms with Crippen molar-refractivity contribution in [3.8, 4) is 0 Å². The molecule has 31 heavy (non-hydrogen) atoms. The van der Waals surface area contributed by atoms with Crippen LogP contribution in [0.2, 0.25) is 0 Å². The largest absolute Gasteiger partial charge is 0.478 e. The van der Waals surface area contributed by atoms with Crippen molar-refractivity contribution in [2.45, 2.75) is 54.1 Å². The second kappa shape index (κ2) is 7.56. The van der Waals surface area contributed by atoms with Gasteiger partial charge in [0.1, 0.15) is 0 Å². The minimum atomic E-state index is -8.68. The highest BCUT2D eigenvalue weighted by Crippen LogP contribution is 2.64. The number of halogens is 17. The number of hydrogen-bond acceptors (Lipinski definition) is 1. The lowest BCUT2D eigenvalue weighted by molar-refractivity contribution is -0.461. The highest BCUT2D eigenvalue weighted by atomic mass is 19.4. The summed E-state index contributed by atoms with van der Waals surface area (Å²) in [5.74, 6) is -59.1. The first-order valence-corrected chi connectivity index (χ1v) is 6.77. The predicted molar refractivity (Wildman–Crippen MR) is 62.1 cm³/mol. The van der Waals surface area contributed by atoms with Gasteiger partial charge < -0.3 is 5.11 Å². The zero-order chi connectivity index (χ0) is 25.7. The average Bonchev–Trinajstić information content (AvgIpc) is 2.51. The van der Waals surface area contributed by atoms with Crippen LogP contribution in [0.25, 0.3) is 0 Å². The molecule has 0 radical (unpaired) electrons. The number of carboxylic acids is 1. The Bertz CT molecular complexity index is 702. The van der Waals surface area contributed by atoms with Crippen LogP contribution in [0.4, 0.5) is 74.6 Å². The van der Waals surface area contributed by atoms with Crippen LogP contribution >= 0.6 is 0 Å². The van der Waals surface area contributed by atoms with Gasteiger partial charge in [-0.3, -0.25) is 0 Å². The van der Waals surface area contributed by atoms with E-state index in [4.69, 9.17) is 5.11 Å². The first kappa shape index (κ1) is 29.0. The molecule has 0 aliphatic carbocycles. The molecule has 2 nitrogen and oxygen atoms in total. The summed E-state index contributed by atoms with van der Waals surface area (Å²) in [5, 5.41) is 8.01. The van der Waals surface area contributed by atoms with E-state index in [0.717, 1.165) is 0 Å². The van der Waals surface area contributed by atoms with Crippen LogP contribution in [0.5, 0.6) is 0 Å². The summed E-state index contributed by atoms with van der Waals surface area (Å²) in [5.41, 5.74) is 0. The average molecular weight is 504 g/mol. The Balaban J connectivity index is 6.59. The zero-order valence-corrected chi connectivity index (χ0v) is 13.6. The SMILES string of the molecule is O=C(O)C=CCC(F)(F)C(F)(F)C(F)(F)C(F)(F)C(F)(F)C(F)(F)C(F)(F)C(F)(F)F. The zero-order valence-electron chi connectivity index (χ0n) is 13.6. The van der Waals surface area contributed by atoms with Crippen molar-refractivity contribution in [3.63, 3.8) is 0 Å². The first-order valence-electron chi connectivity index (χ1n) is 6.77. The number of rotatable bonds is 9. The van der Waals surface area contributed by atoms with E-state index < -0.39 is 72.2 Å². The minimum absolute atomic E-state index is 0.451. The summed E-state index contributed by atoms with van der Waals surface area (Å²) in [4.78, 5) is 9.98. The van der Waals surface area contributed by atoms with Gasteiger partial charge in [-0.05, 0) is 0 Å². The maximum atomic E-state index is 13.3. The van der Waals surface area contributed by atoms with Gasteiger partial charge in [-0.2, -0.15) is 74.6 Å². The van der Waals surface area contributed by atoms with Gasteiger partial charge in [0.05, 0.1) is 0 Å². The van der Waals surface area contributed by atoms with Gasteiger partial charge >= 0.3 is 53.6 Å². The van der Waals surface area contributed by atoms with Gasteiger partial charge in [-0.15, -0.1) is 0 Å². The molecule has 0 bridgehead atoms. The van der Waals surface area contributed by atoms with Crippen molar-refractivity contribution >= 4 is 5.97 Å². The minimum Gasteiger partial charge on any atom is -0.478 e. The van der Waals surface area contributed by atoms with Crippen molar-refractivity contribution in [1.82, 2.24) is 0 Å². The molecule has 0 aromatic rings. The highest BCUT2D eigenvalue weighted by molar-refractivity contribution is 5.79. The molecule has 0 rings (SSSR count). The molecule has 0 aromatic carbocycles. The van der Waals surface area contributed by atoms with Crippen LogP contribution in [0.15, 0.2) is 12.2 Å². The normalized spacial score (nSPS) is 16.2. The molecule has 0 saturated carbocycles. The van der Waals surface area contributed by atoms with Crippen molar-refractivity contribution in [2.24, 2.45) is 0 Å². The fourth-order valence-electron chi connectivity index (χ4n) is 1.63. The fourth-order valence-corrected chi connectivity index (χ4v) is 1.63. The van der Waals surface area contributed by atoms with E-state index in [-0.39, 0.29) is 0 Å². The van der Waals surface area contributed by atoms with Crippen LogP contribution in [-0.4, -0.2) is 58.7 Å². The third kappa shape index (κ3) is 4.10. The van der Waals surface area contributed by atoms with E-state index in [1.807, 2.05) is 0 Å². The Morgan fingerprint density at radius 2 is 0.839 bits per heavy atom. The Hall–Kier alpha value is -1.98. The second-order valence-electron chi connectivity index (χ2n) is 5.59. The number of aliphatic carboxylic acids is 1. The van der Waals surface area contributed by atoms with E-state index >= 15 is 0 Å². The van der Waals surface area contributed by atoms with Gasteiger partial charge in [-0.25, -0.2) is 4.79 Å². The highest BCUT2D eigenvalue weighted by Gasteiger charge is 2.95. The van der Waals surface area contributed by atoms with Gasteiger partial charge in [0.2, 0.25) is 0 Å². The molecular weight excluding hydrogens is 499 g/mol. The molecule has 0 atom stereocenters. The Morgan fingerprint density at radius 1 is 0.548 bits per heavy atom. The van der Waals surface area contributed by atoms with Crippen LogP contribution in [0, 0.1) is 0 Å². The smallest absolute Gasteiger partial charge is 0.460 e. The Morgan fingerprint density at radius 3 is 1.13 bits per heavy atom. The van der Waals surface area contributed by atoms with Gasteiger partial charge in [-0.1, -0.05) is 6.08 Å². The summed E-state index contributed by atoms with van der Waals surface area (Å²) in [6.45, 7) is 0. The maximum Gasteiger partial charge on any atom is 0.460 e. The molecule has 184 valence electrons. The third-order valence-corrected chi connectivity index (χ3v) is 3.42. The van der Waals surface area contributed by atoms with Gasteiger partial charge in [0.15, 0.2) is 0 Å². The quantitative estimate of drug-likeness (QED) is 0.308. The lowest BCUT2D eigenvalue weighted by atomic mass is 9.88. The molecule has 0 aliphatic rings. The van der Waals surface area contributed by atoms with Crippen molar-refractivity contribution in [2.75, 3.05) is 0 Å². The van der Waals surface area contributed by atoms with Crippen molar-refractivity contribution in [3.05, 3.63) is 12.2 Å².